The Morgan fingerprint density at radius 3 is 2.62 bits per heavy atom. The average molecular weight is 355 g/mol. The highest BCUT2D eigenvalue weighted by Gasteiger charge is 2.32. The van der Waals surface area contributed by atoms with Gasteiger partial charge in [-0.25, -0.2) is 0 Å². The molecular weight excluding hydrogens is 330 g/mol. The third kappa shape index (κ3) is 4.10. The average Bonchev–Trinajstić information content (AvgIpc) is 2.94. The molecule has 0 bridgehead atoms. The number of rotatable bonds is 6. The molecule has 1 aliphatic heterocycles. The number of para-hydroxylation sites is 1. The topological polar surface area (TPSA) is 48.0 Å². The predicted octanol–water partition coefficient (Wildman–Crippen LogP) is 3.45. The van der Waals surface area contributed by atoms with Gasteiger partial charge in [0.1, 0.15) is 11.4 Å². The summed E-state index contributed by atoms with van der Waals surface area (Å²) in [6, 6.07) is 13.5. The van der Waals surface area contributed by atoms with Crippen molar-refractivity contribution in [3.05, 3.63) is 53.6 Å². The van der Waals surface area contributed by atoms with Crippen LogP contribution in [0.25, 0.3) is 0 Å². The third-order valence-electron chi connectivity index (χ3n) is 4.41. The van der Waals surface area contributed by atoms with Crippen molar-refractivity contribution in [2.75, 3.05) is 20.8 Å². The lowest BCUT2D eigenvalue weighted by Crippen LogP contribution is -2.31. The molecule has 0 spiro atoms. The van der Waals surface area contributed by atoms with Gasteiger partial charge in [0.25, 0.3) is 5.91 Å². The largest absolute Gasteiger partial charge is 0.497 e. The van der Waals surface area contributed by atoms with Crippen molar-refractivity contribution in [2.24, 2.45) is 0 Å². The zero-order valence-electron chi connectivity index (χ0n) is 15.7. The molecule has 0 aliphatic carbocycles. The van der Waals surface area contributed by atoms with Crippen LogP contribution in [0.3, 0.4) is 0 Å². The van der Waals surface area contributed by atoms with Crippen molar-refractivity contribution >= 4 is 5.91 Å². The van der Waals surface area contributed by atoms with Crippen LogP contribution >= 0.6 is 0 Å². The number of hydrogen-bond acceptors (Lipinski definition) is 4. The van der Waals surface area contributed by atoms with Crippen molar-refractivity contribution in [2.45, 2.75) is 32.4 Å². The molecule has 2 aromatic carbocycles. The molecule has 2 aromatic rings. The monoisotopic (exact) mass is 355 g/mol. The number of carbonyl (C=O) groups is 1. The van der Waals surface area contributed by atoms with Gasteiger partial charge >= 0.3 is 0 Å². The van der Waals surface area contributed by atoms with Crippen molar-refractivity contribution in [1.82, 2.24) is 4.90 Å². The molecular formula is C21H25NO4. The summed E-state index contributed by atoms with van der Waals surface area (Å²) in [7, 11) is 3.40. The minimum Gasteiger partial charge on any atom is -0.497 e. The van der Waals surface area contributed by atoms with Crippen molar-refractivity contribution in [1.29, 1.82) is 0 Å². The van der Waals surface area contributed by atoms with Gasteiger partial charge in [-0.15, -0.1) is 0 Å². The third-order valence-corrected chi connectivity index (χ3v) is 4.41. The van der Waals surface area contributed by atoms with E-state index in [0.29, 0.717) is 12.3 Å². The maximum Gasteiger partial charge on any atom is 0.260 e. The molecule has 1 aliphatic rings. The lowest BCUT2D eigenvalue weighted by atomic mass is 10.0. The summed E-state index contributed by atoms with van der Waals surface area (Å²) in [5.74, 6) is 2.09. The van der Waals surface area contributed by atoms with Crippen LogP contribution in [0.2, 0.25) is 0 Å². The lowest BCUT2D eigenvalue weighted by molar-refractivity contribution is -0.132. The molecule has 1 amide bonds. The Morgan fingerprint density at radius 2 is 1.92 bits per heavy atom. The second-order valence-electron chi connectivity index (χ2n) is 7.17. The van der Waals surface area contributed by atoms with E-state index in [1.165, 1.54) is 0 Å². The van der Waals surface area contributed by atoms with Crippen LogP contribution < -0.4 is 14.2 Å². The van der Waals surface area contributed by atoms with E-state index in [4.69, 9.17) is 14.2 Å². The summed E-state index contributed by atoms with van der Waals surface area (Å²) in [5, 5.41) is 0. The van der Waals surface area contributed by atoms with E-state index in [1.807, 2.05) is 56.3 Å². The van der Waals surface area contributed by atoms with Crippen LogP contribution in [0.1, 0.15) is 25.0 Å². The molecule has 0 unspecified atom stereocenters. The molecule has 26 heavy (non-hydrogen) atoms. The maximum absolute atomic E-state index is 12.4. The molecule has 0 saturated heterocycles. The number of ether oxygens (including phenoxy) is 3. The van der Waals surface area contributed by atoms with Gasteiger partial charge in [-0.3, -0.25) is 4.79 Å². The Hall–Kier alpha value is -2.69. The Kier molecular flexibility index (Phi) is 5.07. The molecule has 138 valence electrons. The van der Waals surface area contributed by atoms with Gasteiger partial charge in [0.05, 0.1) is 7.11 Å². The minimum atomic E-state index is -0.239. The van der Waals surface area contributed by atoms with Crippen LogP contribution in [0, 0.1) is 0 Å². The molecule has 3 rings (SSSR count). The SMILES string of the molecule is COc1ccc(CN(C)C(=O)COc2cccc3c2OC(C)(C)C3)cc1. The molecule has 5 nitrogen and oxygen atoms in total. The first-order chi connectivity index (χ1) is 12.4. The van der Waals surface area contributed by atoms with Crippen LogP contribution in [0.5, 0.6) is 17.2 Å². The second-order valence-corrected chi connectivity index (χ2v) is 7.17. The van der Waals surface area contributed by atoms with Crippen LogP contribution in [0.15, 0.2) is 42.5 Å². The van der Waals surface area contributed by atoms with Crippen LogP contribution in [0.4, 0.5) is 0 Å². The van der Waals surface area contributed by atoms with Gasteiger partial charge in [0.2, 0.25) is 0 Å². The second kappa shape index (κ2) is 7.28. The smallest absolute Gasteiger partial charge is 0.260 e. The quantitative estimate of drug-likeness (QED) is 0.796. The number of methoxy groups -OCH3 is 1. The highest BCUT2D eigenvalue weighted by Crippen LogP contribution is 2.41. The predicted molar refractivity (Wildman–Crippen MR) is 99.8 cm³/mol. The van der Waals surface area contributed by atoms with E-state index in [9.17, 15) is 4.79 Å². The fourth-order valence-electron chi connectivity index (χ4n) is 3.04. The standard InChI is InChI=1S/C21H25NO4/c1-21(2)12-16-6-5-7-18(20(16)26-21)25-14-19(23)22(3)13-15-8-10-17(24-4)11-9-15/h5-11H,12-14H2,1-4H3. The van der Waals surface area contributed by atoms with Crippen molar-refractivity contribution in [3.8, 4) is 17.2 Å². The summed E-state index contributed by atoms with van der Waals surface area (Å²) in [5.41, 5.74) is 1.91. The molecule has 0 N–H and O–H groups in total. The van der Waals surface area contributed by atoms with E-state index in [1.54, 1.807) is 19.1 Å². The van der Waals surface area contributed by atoms with Gasteiger partial charge in [-0.05, 0) is 37.6 Å². The van der Waals surface area contributed by atoms with E-state index >= 15 is 0 Å². The van der Waals surface area contributed by atoms with Gasteiger partial charge in [0, 0.05) is 25.6 Å². The molecule has 5 heteroatoms. The van der Waals surface area contributed by atoms with Crippen molar-refractivity contribution < 1.29 is 19.0 Å². The van der Waals surface area contributed by atoms with Gasteiger partial charge in [-0.2, -0.15) is 0 Å². The fraction of sp³-hybridized carbons (Fsp3) is 0.381. The minimum absolute atomic E-state index is 0.0209. The first-order valence-corrected chi connectivity index (χ1v) is 8.68. The lowest BCUT2D eigenvalue weighted by Gasteiger charge is -2.20. The fourth-order valence-corrected chi connectivity index (χ4v) is 3.04. The number of hydrogen-bond donors (Lipinski definition) is 0. The Balaban J connectivity index is 1.58. The Morgan fingerprint density at radius 1 is 1.19 bits per heavy atom. The number of benzene rings is 2. The highest BCUT2D eigenvalue weighted by atomic mass is 16.5. The normalized spacial score (nSPS) is 14.3. The number of likely N-dealkylation sites (N-methyl/N-ethyl adjacent to an activating group) is 1. The van der Waals surface area contributed by atoms with E-state index in [-0.39, 0.29) is 18.1 Å². The zero-order chi connectivity index (χ0) is 18.7. The first kappa shape index (κ1) is 18.1. The maximum atomic E-state index is 12.4. The molecule has 0 fully saturated rings. The molecule has 0 saturated carbocycles. The van der Waals surface area contributed by atoms with Gasteiger partial charge in [0.15, 0.2) is 18.1 Å². The Labute approximate surface area is 154 Å². The summed E-state index contributed by atoms with van der Waals surface area (Å²) < 4.78 is 16.9. The van der Waals surface area contributed by atoms with E-state index in [0.717, 1.165) is 29.0 Å². The summed E-state index contributed by atoms with van der Waals surface area (Å²) in [6.45, 7) is 4.59. The van der Waals surface area contributed by atoms with E-state index in [2.05, 4.69) is 0 Å². The number of fused-ring (bicyclic) bond motifs is 1. The van der Waals surface area contributed by atoms with Crippen LogP contribution in [-0.2, 0) is 17.8 Å². The number of carbonyl (C=O) groups excluding carboxylic acids is 1. The van der Waals surface area contributed by atoms with Gasteiger partial charge < -0.3 is 19.1 Å². The highest BCUT2D eigenvalue weighted by molar-refractivity contribution is 5.77. The van der Waals surface area contributed by atoms with Crippen molar-refractivity contribution in [3.63, 3.8) is 0 Å². The number of amides is 1. The van der Waals surface area contributed by atoms with Gasteiger partial charge in [-0.1, -0.05) is 24.3 Å². The molecule has 1 heterocycles. The number of nitrogens with zero attached hydrogens (tertiary/aromatic N) is 1. The molecule has 0 atom stereocenters. The summed E-state index contributed by atoms with van der Waals surface area (Å²) in [4.78, 5) is 14.1. The Bertz CT molecular complexity index is 783. The first-order valence-electron chi connectivity index (χ1n) is 8.68. The summed E-state index contributed by atoms with van der Waals surface area (Å²) in [6.07, 6.45) is 0.838. The molecule has 0 aromatic heterocycles. The zero-order valence-corrected chi connectivity index (χ0v) is 15.7. The molecule has 0 radical (unpaired) electrons. The van der Waals surface area contributed by atoms with E-state index < -0.39 is 0 Å². The summed E-state index contributed by atoms with van der Waals surface area (Å²) >= 11 is 0. The van der Waals surface area contributed by atoms with Crippen LogP contribution in [-0.4, -0.2) is 37.2 Å².